The molecule has 0 saturated heterocycles. The molecule has 76 valence electrons. The molecule has 0 aromatic carbocycles. The second-order valence-electron chi connectivity index (χ2n) is 2.80. The van der Waals surface area contributed by atoms with Gasteiger partial charge in [0.1, 0.15) is 0 Å². The maximum absolute atomic E-state index is 11.3. The van der Waals surface area contributed by atoms with E-state index in [0.29, 0.717) is 0 Å². The van der Waals surface area contributed by atoms with Gasteiger partial charge in [0, 0.05) is 6.54 Å². The average Bonchev–Trinajstić information content (AvgIpc) is 2.15. The summed E-state index contributed by atoms with van der Waals surface area (Å²) in [7, 11) is 0. The molecule has 1 rings (SSSR count). The van der Waals surface area contributed by atoms with E-state index >= 15 is 0 Å². The molecule has 0 radical (unpaired) electrons. The molecule has 0 unspecified atom stereocenters. The Labute approximate surface area is 86.1 Å². The SMILES string of the molecule is C[C@H](O)CNC(=O)c1ccc(Cl)nn1. The number of hydrogen-bond acceptors (Lipinski definition) is 4. The summed E-state index contributed by atoms with van der Waals surface area (Å²) >= 11 is 5.50. The van der Waals surface area contributed by atoms with Crippen LogP contribution in [0.4, 0.5) is 0 Å². The third kappa shape index (κ3) is 3.27. The van der Waals surface area contributed by atoms with Gasteiger partial charge in [0.25, 0.3) is 5.91 Å². The first-order valence-corrected chi connectivity index (χ1v) is 4.43. The van der Waals surface area contributed by atoms with Crippen molar-refractivity contribution in [2.75, 3.05) is 6.54 Å². The Morgan fingerprint density at radius 2 is 2.36 bits per heavy atom. The summed E-state index contributed by atoms with van der Waals surface area (Å²) in [5, 5.41) is 18.7. The van der Waals surface area contributed by atoms with Crippen LogP contribution in [0.3, 0.4) is 0 Å². The van der Waals surface area contributed by atoms with Gasteiger partial charge in [0.15, 0.2) is 10.8 Å². The lowest BCUT2D eigenvalue weighted by molar-refractivity contribution is 0.0918. The fourth-order valence-electron chi connectivity index (χ4n) is 0.768. The number of carbonyl (C=O) groups excluding carboxylic acids is 1. The maximum Gasteiger partial charge on any atom is 0.271 e. The Hall–Kier alpha value is -1.20. The van der Waals surface area contributed by atoms with Gasteiger partial charge >= 0.3 is 0 Å². The highest BCUT2D eigenvalue weighted by atomic mass is 35.5. The van der Waals surface area contributed by atoms with E-state index in [4.69, 9.17) is 16.7 Å². The largest absolute Gasteiger partial charge is 0.392 e. The van der Waals surface area contributed by atoms with Crippen molar-refractivity contribution in [2.45, 2.75) is 13.0 Å². The molecule has 1 aromatic heterocycles. The van der Waals surface area contributed by atoms with Crippen molar-refractivity contribution in [3.05, 3.63) is 23.0 Å². The fraction of sp³-hybridized carbons (Fsp3) is 0.375. The number of amides is 1. The molecule has 0 spiro atoms. The number of aliphatic hydroxyl groups excluding tert-OH is 1. The molecule has 0 aliphatic heterocycles. The molecule has 0 fully saturated rings. The molecule has 0 aliphatic carbocycles. The van der Waals surface area contributed by atoms with Crippen LogP contribution in [-0.4, -0.2) is 33.9 Å². The summed E-state index contributed by atoms with van der Waals surface area (Å²) in [4.78, 5) is 11.3. The smallest absolute Gasteiger partial charge is 0.271 e. The summed E-state index contributed by atoms with van der Waals surface area (Å²) < 4.78 is 0. The Morgan fingerprint density at radius 3 is 2.86 bits per heavy atom. The quantitative estimate of drug-likeness (QED) is 0.758. The first kappa shape index (κ1) is 10.9. The second kappa shape index (κ2) is 4.88. The van der Waals surface area contributed by atoms with Crippen LogP contribution in [0, 0.1) is 0 Å². The van der Waals surface area contributed by atoms with Gasteiger partial charge in [-0.3, -0.25) is 4.79 Å². The molecule has 1 amide bonds. The van der Waals surface area contributed by atoms with Gasteiger partial charge in [0.2, 0.25) is 0 Å². The number of aromatic nitrogens is 2. The van der Waals surface area contributed by atoms with Gasteiger partial charge in [-0.25, -0.2) is 0 Å². The molecule has 0 bridgehead atoms. The summed E-state index contributed by atoms with van der Waals surface area (Å²) in [6.45, 7) is 1.76. The Balaban J connectivity index is 2.57. The number of halogens is 1. The van der Waals surface area contributed by atoms with Crippen molar-refractivity contribution >= 4 is 17.5 Å². The predicted octanol–water partition coefficient (Wildman–Crippen LogP) is 0.241. The monoisotopic (exact) mass is 215 g/mol. The zero-order valence-electron chi connectivity index (χ0n) is 7.57. The van der Waals surface area contributed by atoms with Crippen molar-refractivity contribution in [2.24, 2.45) is 0 Å². The van der Waals surface area contributed by atoms with Crippen molar-refractivity contribution in [3.63, 3.8) is 0 Å². The summed E-state index contributed by atoms with van der Waals surface area (Å²) in [6.07, 6.45) is -0.584. The van der Waals surface area contributed by atoms with Crippen LogP contribution < -0.4 is 5.32 Å². The normalized spacial score (nSPS) is 12.2. The van der Waals surface area contributed by atoms with E-state index in [1.807, 2.05) is 0 Å². The van der Waals surface area contributed by atoms with Gasteiger partial charge in [0.05, 0.1) is 6.10 Å². The first-order valence-electron chi connectivity index (χ1n) is 4.05. The molecule has 5 nitrogen and oxygen atoms in total. The number of rotatable bonds is 3. The van der Waals surface area contributed by atoms with Crippen LogP contribution in [0.2, 0.25) is 5.15 Å². The first-order chi connectivity index (χ1) is 6.59. The lowest BCUT2D eigenvalue weighted by Crippen LogP contribution is -2.31. The highest BCUT2D eigenvalue weighted by Gasteiger charge is 2.07. The zero-order valence-corrected chi connectivity index (χ0v) is 8.32. The second-order valence-corrected chi connectivity index (χ2v) is 3.19. The Morgan fingerprint density at radius 1 is 1.64 bits per heavy atom. The number of nitrogens with zero attached hydrogens (tertiary/aromatic N) is 2. The summed E-state index contributed by atoms with van der Waals surface area (Å²) in [5.74, 6) is -0.380. The molecular formula is C8H10ClN3O2. The standard InChI is InChI=1S/C8H10ClN3O2/c1-5(13)4-10-8(14)6-2-3-7(9)12-11-6/h2-3,5,13H,4H2,1H3,(H,10,14)/t5-/m0/s1. The number of carbonyl (C=O) groups is 1. The van der Waals surface area contributed by atoms with Gasteiger partial charge in [-0.2, -0.15) is 0 Å². The molecule has 1 atom stereocenters. The minimum atomic E-state index is -0.584. The van der Waals surface area contributed by atoms with Crippen molar-refractivity contribution in [1.82, 2.24) is 15.5 Å². The third-order valence-corrected chi connectivity index (χ3v) is 1.62. The Kier molecular flexibility index (Phi) is 3.79. The van der Waals surface area contributed by atoms with Gasteiger partial charge < -0.3 is 10.4 Å². The molecule has 1 aromatic rings. The maximum atomic E-state index is 11.3. The Bertz CT molecular complexity index is 313. The minimum absolute atomic E-state index is 0.176. The van der Waals surface area contributed by atoms with E-state index in [9.17, 15) is 4.79 Å². The van der Waals surface area contributed by atoms with Crippen molar-refractivity contribution < 1.29 is 9.90 Å². The van der Waals surface area contributed by atoms with Crippen molar-refractivity contribution in [1.29, 1.82) is 0 Å². The van der Waals surface area contributed by atoms with E-state index in [0.717, 1.165) is 0 Å². The topological polar surface area (TPSA) is 75.1 Å². The molecule has 6 heteroatoms. The van der Waals surface area contributed by atoms with E-state index in [1.165, 1.54) is 12.1 Å². The molecule has 1 heterocycles. The molecular weight excluding hydrogens is 206 g/mol. The fourth-order valence-corrected chi connectivity index (χ4v) is 0.869. The third-order valence-electron chi connectivity index (χ3n) is 1.42. The number of hydrogen-bond donors (Lipinski definition) is 2. The van der Waals surface area contributed by atoms with Gasteiger partial charge in [-0.15, -0.1) is 10.2 Å². The van der Waals surface area contributed by atoms with Crippen molar-refractivity contribution in [3.8, 4) is 0 Å². The van der Waals surface area contributed by atoms with Crippen LogP contribution in [0.25, 0.3) is 0 Å². The predicted molar refractivity (Wildman–Crippen MR) is 51.1 cm³/mol. The lowest BCUT2D eigenvalue weighted by Gasteiger charge is -2.05. The van der Waals surface area contributed by atoms with Crippen LogP contribution >= 0.6 is 11.6 Å². The highest BCUT2D eigenvalue weighted by molar-refractivity contribution is 6.29. The van der Waals surface area contributed by atoms with E-state index < -0.39 is 6.10 Å². The highest BCUT2D eigenvalue weighted by Crippen LogP contribution is 2.01. The van der Waals surface area contributed by atoms with Gasteiger partial charge in [-0.1, -0.05) is 11.6 Å². The molecule has 0 saturated carbocycles. The van der Waals surface area contributed by atoms with E-state index in [2.05, 4.69) is 15.5 Å². The van der Waals surface area contributed by atoms with E-state index in [1.54, 1.807) is 6.92 Å². The number of nitrogens with one attached hydrogen (secondary N) is 1. The van der Waals surface area contributed by atoms with E-state index in [-0.39, 0.29) is 23.3 Å². The van der Waals surface area contributed by atoms with Crippen LogP contribution in [0.15, 0.2) is 12.1 Å². The summed E-state index contributed by atoms with van der Waals surface area (Å²) in [6, 6.07) is 2.94. The average molecular weight is 216 g/mol. The van der Waals surface area contributed by atoms with Crippen LogP contribution in [-0.2, 0) is 0 Å². The van der Waals surface area contributed by atoms with Crippen LogP contribution in [0.5, 0.6) is 0 Å². The molecule has 0 aliphatic rings. The molecule has 2 N–H and O–H groups in total. The minimum Gasteiger partial charge on any atom is -0.392 e. The van der Waals surface area contributed by atoms with Crippen LogP contribution in [0.1, 0.15) is 17.4 Å². The summed E-state index contributed by atoms with van der Waals surface area (Å²) in [5.41, 5.74) is 0.176. The molecule has 14 heavy (non-hydrogen) atoms. The number of aliphatic hydroxyl groups is 1. The van der Waals surface area contributed by atoms with Gasteiger partial charge in [-0.05, 0) is 19.1 Å². The zero-order chi connectivity index (χ0) is 10.6. The lowest BCUT2D eigenvalue weighted by atomic mass is 10.3.